The van der Waals surface area contributed by atoms with Crippen molar-refractivity contribution in [3.05, 3.63) is 59.1 Å². The number of amides is 1. The molecule has 0 aromatic heterocycles. The molecule has 0 unspecified atom stereocenters. The van der Waals surface area contributed by atoms with Gasteiger partial charge in [0, 0.05) is 22.2 Å². The number of halogens is 1. The first-order chi connectivity index (χ1) is 11.2. The Bertz CT molecular complexity index is 614. The van der Waals surface area contributed by atoms with Crippen LogP contribution in [0.1, 0.15) is 12.5 Å². The molecule has 0 aliphatic heterocycles. The molecule has 2 rings (SSSR count). The van der Waals surface area contributed by atoms with E-state index >= 15 is 0 Å². The lowest BCUT2D eigenvalue weighted by Gasteiger charge is -2.07. The standard InChI is InChI=1S/C18H20ClNO2S/c1-2-22-16-7-3-14(4-8-16)13-18(21)20-11-12-23-17-9-5-15(19)6-10-17/h3-10H,2,11-13H2,1H3,(H,20,21). The monoisotopic (exact) mass is 349 g/mol. The Morgan fingerprint density at radius 1 is 1.13 bits per heavy atom. The van der Waals surface area contributed by atoms with Gasteiger partial charge in [-0.3, -0.25) is 4.79 Å². The molecule has 1 N–H and O–H groups in total. The molecule has 23 heavy (non-hydrogen) atoms. The molecule has 1 amide bonds. The summed E-state index contributed by atoms with van der Waals surface area (Å²) in [5, 5.41) is 3.67. The zero-order chi connectivity index (χ0) is 16.5. The van der Waals surface area contributed by atoms with E-state index in [2.05, 4.69) is 5.32 Å². The van der Waals surface area contributed by atoms with Gasteiger partial charge in [-0.1, -0.05) is 23.7 Å². The van der Waals surface area contributed by atoms with Crippen molar-refractivity contribution in [2.75, 3.05) is 18.9 Å². The summed E-state index contributed by atoms with van der Waals surface area (Å²) in [6, 6.07) is 15.3. The molecule has 0 aliphatic rings. The van der Waals surface area contributed by atoms with Crippen LogP contribution in [0.4, 0.5) is 0 Å². The molecular weight excluding hydrogens is 330 g/mol. The van der Waals surface area contributed by atoms with E-state index in [0.29, 0.717) is 19.6 Å². The van der Waals surface area contributed by atoms with Crippen LogP contribution >= 0.6 is 23.4 Å². The van der Waals surface area contributed by atoms with Crippen LogP contribution in [0.15, 0.2) is 53.4 Å². The van der Waals surface area contributed by atoms with Gasteiger partial charge in [0.2, 0.25) is 5.91 Å². The minimum Gasteiger partial charge on any atom is -0.494 e. The molecule has 2 aromatic rings. The maximum atomic E-state index is 11.9. The van der Waals surface area contributed by atoms with Gasteiger partial charge in [-0.2, -0.15) is 0 Å². The number of thioether (sulfide) groups is 1. The van der Waals surface area contributed by atoms with Crippen LogP contribution in [0.25, 0.3) is 0 Å². The number of carbonyl (C=O) groups is 1. The first kappa shape index (κ1) is 17.7. The molecule has 0 bridgehead atoms. The molecule has 0 radical (unpaired) electrons. The molecule has 0 saturated heterocycles. The van der Waals surface area contributed by atoms with Crippen LogP contribution in [0.3, 0.4) is 0 Å². The Morgan fingerprint density at radius 2 is 1.83 bits per heavy atom. The van der Waals surface area contributed by atoms with Crippen molar-refractivity contribution in [1.82, 2.24) is 5.32 Å². The zero-order valence-corrected chi connectivity index (χ0v) is 14.6. The Hall–Kier alpha value is -1.65. The molecule has 122 valence electrons. The number of hydrogen-bond donors (Lipinski definition) is 1. The van der Waals surface area contributed by atoms with E-state index in [1.54, 1.807) is 11.8 Å². The maximum absolute atomic E-state index is 11.9. The minimum absolute atomic E-state index is 0.0332. The van der Waals surface area contributed by atoms with E-state index in [1.165, 1.54) is 0 Å². The number of carbonyl (C=O) groups excluding carboxylic acids is 1. The average Bonchev–Trinajstić information content (AvgIpc) is 2.55. The molecule has 3 nitrogen and oxygen atoms in total. The van der Waals surface area contributed by atoms with Crippen molar-refractivity contribution in [2.24, 2.45) is 0 Å². The molecule has 0 spiro atoms. The van der Waals surface area contributed by atoms with Crippen LogP contribution in [0, 0.1) is 0 Å². The van der Waals surface area contributed by atoms with Gasteiger partial charge in [0.1, 0.15) is 5.75 Å². The number of nitrogens with one attached hydrogen (secondary N) is 1. The topological polar surface area (TPSA) is 38.3 Å². The molecule has 0 fully saturated rings. The first-order valence-corrected chi connectivity index (χ1v) is 8.90. The summed E-state index contributed by atoms with van der Waals surface area (Å²) in [6.45, 7) is 3.23. The van der Waals surface area contributed by atoms with Gasteiger partial charge in [-0.15, -0.1) is 11.8 Å². The lowest BCUT2D eigenvalue weighted by molar-refractivity contribution is -0.120. The third kappa shape index (κ3) is 6.55. The molecule has 5 heteroatoms. The summed E-state index contributed by atoms with van der Waals surface area (Å²) >= 11 is 7.54. The first-order valence-electron chi connectivity index (χ1n) is 7.54. The number of hydrogen-bond acceptors (Lipinski definition) is 3. The average molecular weight is 350 g/mol. The predicted molar refractivity (Wildman–Crippen MR) is 96.5 cm³/mol. The third-order valence-electron chi connectivity index (χ3n) is 3.11. The lowest BCUT2D eigenvalue weighted by Crippen LogP contribution is -2.27. The summed E-state index contributed by atoms with van der Waals surface area (Å²) in [7, 11) is 0. The second-order valence-corrected chi connectivity index (χ2v) is 6.51. The second kappa shape index (κ2) is 9.48. The normalized spacial score (nSPS) is 10.3. The van der Waals surface area contributed by atoms with Crippen LogP contribution < -0.4 is 10.1 Å². The van der Waals surface area contributed by atoms with Gasteiger partial charge < -0.3 is 10.1 Å². The Labute approximate surface area is 146 Å². The smallest absolute Gasteiger partial charge is 0.224 e. The quantitative estimate of drug-likeness (QED) is 0.573. The highest BCUT2D eigenvalue weighted by atomic mass is 35.5. The van der Waals surface area contributed by atoms with Crippen molar-refractivity contribution in [2.45, 2.75) is 18.2 Å². The number of ether oxygens (including phenoxy) is 1. The van der Waals surface area contributed by atoms with Gasteiger partial charge in [-0.25, -0.2) is 0 Å². The lowest BCUT2D eigenvalue weighted by atomic mass is 10.1. The van der Waals surface area contributed by atoms with Gasteiger partial charge >= 0.3 is 0 Å². The van der Waals surface area contributed by atoms with E-state index < -0.39 is 0 Å². The highest BCUT2D eigenvalue weighted by Crippen LogP contribution is 2.19. The summed E-state index contributed by atoms with van der Waals surface area (Å²) < 4.78 is 5.38. The number of rotatable bonds is 8. The second-order valence-electron chi connectivity index (χ2n) is 4.91. The zero-order valence-electron chi connectivity index (χ0n) is 13.0. The summed E-state index contributed by atoms with van der Waals surface area (Å²) in [4.78, 5) is 13.1. The fourth-order valence-electron chi connectivity index (χ4n) is 2.01. The van der Waals surface area contributed by atoms with Gasteiger partial charge in [0.15, 0.2) is 0 Å². The van der Waals surface area contributed by atoms with Crippen molar-refractivity contribution in [1.29, 1.82) is 0 Å². The van der Waals surface area contributed by atoms with E-state index in [9.17, 15) is 4.79 Å². The molecule has 2 aromatic carbocycles. The summed E-state index contributed by atoms with van der Waals surface area (Å²) in [6.07, 6.45) is 0.387. The van der Waals surface area contributed by atoms with Gasteiger partial charge in [-0.05, 0) is 48.9 Å². The van der Waals surface area contributed by atoms with Crippen molar-refractivity contribution in [3.8, 4) is 5.75 Å². The fourth-order valence-corrected chi connectivity index (χ4v) is 2.90. The van der Waals surface area contributed by atoms with Crippen LogP contribution in [0.5, 0.6) is 5.75 Å². The van der Waals surface area contributed by atoms with Gasteiger partial charge in [0.05, 0.1) is 13.0 Å². The van der Waals surface area contributed by atoms with Gasteiger partial charge in [0.25, 0.3) is 0 Å². The molecule has 0 atom stereocenters. The van der Waals surface area contributed by atoms with Crippen LogP contribution in [-0.4, -0.2) is 24.8 Å². The van der Waals surface area contributed by atoms with E-state index in [-0.39, 0.29) is 5.91 Å². The highest BCUT2D eigenvalue weighted by Gasteiger charge is 2.03. The maximum Gasteiger partial charge on any atom is 0.224 e. The Kier molecular flexibility index (Phi) is 7.30. The number of benzene rings is 2. The molecular formula is C18H20ClNO2S. The summed E-state index contributed by atoms with van der Waals surface area (Å²) in [5.41, 5.74) is 0.983. The van der Waals surface area contributed by atoms with Crippen molar-refractivity contribution < 1.29 is 9.53 Å². The van der Waals surface area contributed by atoms with E-state index in [1.807, 2.05) is 55.5 Å². The Morgan fingerprint density at radius 3 is 2.48 bits per heavy atom. The van der Waals surface area contributed by atoms with E-state index in [0.717, 1.165) is 27.0 Å². The molecule has 0 saturated carbocycles. The SMILES string of the molecule is CCOc1ccc(CC(=O)NCCSc2ccc(Cl)cc2)cc1. The summed E-state index contributed by atoms with van der Waals surface area (Å²) in [5.74, 6) is 1.69. The van der Waals surface area contributed by atoms with Crippen LogP contribution in [-0.2, 0) is 11.2 Å². The molecule has 0 heterocycles. The van der Waals surface area contributed by atoms with Crippen molar-refractivity contribution >= 4 is 29.3 Å². The van der Waals surface area contributed by atoms with E-state index in [4.69, 9.17) is 16.3 Å². The van der Waals surface area contributed by atoms with Crippen LogP contribution in [0.2, 0.25) is 5.02 Å². The minimum atomic E-state index is 0.0332. The highest BCUT2D eigenvalue weighted by molar-refractivity contribution is 7.99. The largest absolute Gasteiger partial charge is 0.494 e. The van der Waals surface area contributed by atoms with Crippen molar-refractivity contribution in [3.63, 3.8) is 0 Å². The third-order valence-corrected chi connectivity index (χ3v) is 4.37. The molecule has 0 aliphatic carbocycles. The predicted octanol–water partition coefficient (Wildman–Crippen LogP) is 4.19. The Balaban J connectivity index is 1.67. The fraction of sp³-hybridized carbons (Fsp3) is 0.278.